The molecular weight excluding hydrogens is 316 g/mol. The highest BCUT2D eigenvalue weighted by Gasteiger charge is 2.40. The first-order chi connectivity index (χ1) is 11.0. The molecule has 3 rings (SSSR count). The molecule has 2 saturated heterocycles. The van der Waals surface area contributed by atoms with E-state index in [0.29, 0.717) is 29.1 Å². The van der Waals surface area contributed by atoms with E-state index < -0.39 is 0 Å². The van der Waals surface area contributed by atoms with Gasteiger partial charge in [-0.3, -0.25) is 9.69 Å². The summed E-state index contributed by atoms with van der Waals surface area (Å²) in [6.07, 6.45) is 2.21. The summed E-state index contributed by atoms with van der Waals surface area (Å²) in [6, 6.07) is 4.08. The number of benzene rings is 1. The van der Waals surface area contributed by atoms with Crippen LogP contribution in [-0.2, 0) is 11.3 Å². The molecule has 1 aromatic rings. The van der Waals surface area contributed by atoms with Gasteiger partial charge in [-0.05, 0) is 37.5 Å². The zero-order valence-corrected chi connectivity index (χ0v) is 14.6. The molecular formula is C17H23ClN2O3. The zero-order valence-electron chi connectivity index (χ0n) is 13.8. The topological polar surface area (TPSA) is 42.0 Å². The molecule has 0 N–H and O–H groups in total. The lowest BCUT2D eigenvalue weighted by Gasteiger charge is -2.41. The van der Waals surface area contributed by atoms with Crippen molar-refractivity contribution >= 4 is 17.5 Å². The van der Waals surface area contributed by atoms with Crippen molar-refractivity contribution in [3.63, 3.8) is 0 Å². The van der Waals surface area contributed by atoms with Crippen LogP contribution in [0, 0.1) is 0 Å². The summed E-state index contributed by atoms with van der Waals surface area (Å²) in [5.41, 5.74) is 1.03. The van der Waals surface area contributed by atoms with Crippen molar-refractivity contribution in [2.45, 2.75) is 38.4 Å². The number of fused-ring (bicyclic) bond motifs is 1. The van der Waals surface area contributed by atoms with Gasteiger partial charge >= 0.3 is 0 Å². The lowest BCUT2D eigenvalue weighted by molar-refractivity contribution is -0.143. The molecule has 23 heavy (non-hydrogen) atoms. The Morgan fingerprint density at radius 1 is 1.30 bits per heavy atom. The Morgan fingerprint density at radius 3 is 2.78 bits per heavy atom. The largest absolute Gasteiger partial charge is 0.493 e. The highest BCUT2D eigenvalue weighted by molar-refractivity contribution is 6.32. The Balaban J connectivity index is 1.81. The first kappa shape index (κ1) is 16.4. The normalized spacial score (nSPS) is 24.7. The summed E-state index contributed by atoms with van der Waals surface area (Å²) < 4.78 is 10.6. The Kier molecular flexibility index (Phi) is 4.69. The predicted molar refractivity (Wildman–Crippen MR) is 89.2 cm³/mol. The number of nitrogens with zero attached hydrogens (tertiary/aromatic N) is 2. The van der Waals surface area contributed by atoms with Gasteiger partial charge in [0.25, 0.3) is 0 Å². The Hall–Kier alpha value is -1.46. The van der Waals surface area contributed by atoms with Crippen LogP contribution in [-0.4, -0.2) is 55.1 Å². The molecule has 0 saturated carbocycles. The van der Waals surface area contributed by atoms with E-state index in [4.69, 9.17) is 21.1 Å². The summed E-state index contributed by atoms with van der Waals surface area (Å²) in [5.74, 6) is 1.40. The second kappa shape index (κ2) is 6.57. The maximum atomic E-state index is 12.5. The zero-order chi connectivity index (χ0) is 16.6. The van der Waals surface area contributed by atoms with Gasteiger partial charge in [-0.25, -0.2) is 0 Å². The van der Waals surface area contributed by atoms with Crippen molar-refractivity contribution in [3.05, 3.63) is 22.7 Å². The Labute approximate surface area is 142 Å². The van der Waals surface area contributed by atoms with E-state index in [1.54, 1.807) is 14.2 Å². The molecule has 0 aliphatic carbocycles. The van der Waals surface area contributed by atoms with Crippen LogP contribution in [0.4, 0.5) is 0 Å². The third kappa shape index (κ3) is 3.00. The Bertz CT molecular complexity index is 608. The number of rotatable bonds is 4. The molecule has 6 heteroatoms. The van der Waals surface area contributed by atoms with Crippen LogP contribution < -0.4 is 9.47 Å². The number of amides is 1. The number of carbonyl (C=O) groups is 1. The molecule has 2 heterocycles. The molecule has 2 aliphatic heterocycles. The minimum atomic E-state index is -0.101. The quantitative estimate of drug-likeness (QED) is 0.846. The van der Waals surface area contributed by atoms with E-state index in [0.717, 1.165) is 31.5 Å². The third-order valence-corrected chi connectivity index (χ3v) is 5.17. The summed E-state index contributed by atoms with van der Waals surface area (Å²) in [7, 11) is 3.17. The molecule has 2 fully saturated rings. The first-order valence-corrected chi connectivity index (χ1v) is 8.38. The Morgan fingerprint density at radius 2 is 2.09 bits per heavy atom. The first-order valence-electron chi connectivity index (χ1n) is 8.00. The number of piperazine rings is 1. The molecule has 5 nitrogen and oxygen atoms in total. The van der Waals surface area contributed by atoms with Crippen molar-refractivity contribution in [2.75, 3.05) is 27.3 Å². The van der Waals surface area contributed by atoms with Gasteiger partial charge in [0.05, 0.1) is 25.3 Å². The van der Waals surface area contributed by atoms with Gasteiger partial charge in [0.2, 0.25) is 5.91 Å². The van der Waals surface area contributed by atoms with Crippen LogP contribution in [0.3, 0.4) is 0 Å². The fourth-order valence-corrected chi connectivity index (χ4v) is 3.95. The molecule has 1 aromatic carbocycles. The fourth-order valence-electron chi connectivity index (χ4n) is 3.64. The summed E-state index contributed by atoms with van der Waals surface area (Å²) >= 11 is 6.29. The van der Waals surface area contributed by atoms with Crippen LogP contribution in [0.1, 0.15) is 25.3 Å². The minimum absolute atomic E-state index is 0.101. The van der Waals surface area contributed by atoms with E-state index in [2.05, 4.69) is 4.90 Å². The van der Waals surface area contributed by atoms with Gasteiger partial charge in [-0.2, -0.15) is 0 Å². The highest BCUT2D eigenvalue weighted by atomic mass is 35.5. The lowest BCUT2D eigenvalue weighted by atomic mass is 10.1. The van der Waals surface area contributed by atoms with E-state index in [1.165, 1.54) is 0 Å². The van der Waals surface area contributed by atoms with Gasteiger partial charge in [0, 0.05) is 25.7 Å². The van der Waals surface area contributed by atoms with E-state index in [1.807, 2.05) is 24.0 Å². The van der Waals surface area contributed by atoms with Gasteiger partial charge in [0.15, 0.2) is 11.5 Å². The molecule has 2 atom stereocenters. The average molecular weight is 339 g/mol. The van der Waals surface area contributed by atoms with E-state index in [-0.39, 0.29) is 11.9 Å². The number of carbonyl (C=O) groups excluding carboxylic acids is 1. The minimum Gasteiger partial charge on any atom is -0.493 e. The fraction of sp³-hybridized carbons (Fsp3) is 0.588. The SMILES string of the molecule is COc1cc(CN2C[C@@H]3CCCN3C(=O)[C@@H]2C)cc(Cl)c1OC. The molecule has 0 spiro atoms. The number of ether oxygens (including phenoxy) is 2. The van der Waals surface area contributed by atoms with Crippen molar-refractivity contribution in [2.24, 2.45) is 0 Å². The highest BCUT2D eigenvalue weighted by Crippen LogP contribution is 2.37. The van der Waals surface area contributed by atoms with Gasteiger partial charge in [0.1, 0.15) is 0 Å². The van der Waals surface area contributed by atoms with Gasteiger partial charge in [-0.15, -0.1) is 0 Å². The maximum Gasteiger partial charge on any atom is 0.239 e. The number of methoxy groups -OCH3 is 2. The summed E-state index contributed by atoms with van der Waals surface area (Å²) in [6.45, 7) is 4.49. The second-order valence-electron chi connectivity index (χ2n) is 6.25. The van der Waals surface area contributed by atoms with E-state index in [9.17, 15) is 4.79 Å². The number of hydrogen-bond acceptors (Lipinski definition) is 4. The molecule has 1 amide bonds. The van der Waals surface area contributed by atoms with Crippen molar-refractivity contribution < 1.29 is 14.3 Å². The number of hydrogen-bond donors (Lipinski definition) is 0. The summed E-state index contributed by atoms with van der Waals surface area (Å²) in [4.78, 5) is 16.8. The van der Waals surface area contributed by atoms with Crippen LogP contribution in [0.2, 0.25) is 5.02 Å². The molecule has 126 valence electrons. The van der Waals surface area contributed by atoms with Crippen LogP contribution in [0.25, 0.3) is 0 Å². The molecule has 2 aliphatic rings. The van der Waals surface area contributed by atoms with Crippen LogP contribution in [0.15, 0.2) is 12.1 Å². The average Bonchev–Trinajstić information content (AvgIpc) is 3.00. The molecule has 0 unspecified atom stereocenters. The number of halogens is 1. The third-order valence-electron chi connectivity index (χ3n) is 4.89. The standard InChI is InChI=1S/C17H23ClN2O3/c1-11-17(21)20-6-4-5-13(20)10-19(11)9-12-7-14(18)16(23-3)15(8-12)22-2/h7-8,11,13H,4-6,9-10H2,1-3H3/t11-,13-/m0/s1. The predicted octanol–water partition coefficient (Wildman–Crippen LogP) is 2.55. The van der Waals surface area contributed by atoms with Crippen LogP contribution >= 0.6 is 11.6 Å². The molecule has 0 radical (unpaired) electrons. The monoisotopic (exact) mass is 338 g/mol. The molecule has 0 aromatic heterocycles. The maximum absolute atomic E-state index is 12.5. The van der Waals surface area contributed by atoms with Crippen molar-refractivity contribution in [1.82, 2.24) is 9.80 Å². The smallest absolute Gasteiger partial charge is 0.239 e. The van der Waals surface area contributed by atoms with Crippen molar-refractivity contribution in [3.8, 4) is 11.5 Å². The summed E-state index contributed by atoms with van der Waals surface area (Å²) in [5, 5.41) is 0.528. The molecule has 0 bridgehead atoms. The van der Waals surface area contributed by atoms with Crippen molar-refractivity contribution in [1.29, 1.82) is 0 Å². The van der Waals surface area contributed by atoms with Gasteiger partial charge in [-0.1, -0.05) is 11.6 Å². The second-order valence-corrected chi connectivity index (χ2v) is 6.65. The van der Waals surface area contributed by atoms with E-state index >= 15 is 0 Å². The van der Waals surface area contributed by atoms with Crippen LogP contribution in [0.5, 0.6) is 11.5 Å². The van der Waals surface area contributed by atoms with Gasteiger partial charge < -0.3 is 14.4 Å². The lowest BCUT2D eigenvalue weighted by Crippen LogP contribution is -2.58.